The van der Waals surface area contributed by atoms with Gasteiger partial charge < -0.3 is 9.47 Å². The largest absolute Gasteiger partial charge is 0.311 e. The van der Waals surface area contributed by atoms with Crippen LogP contribution in [0.15, 0.2) is 58.8 Å². The molecule has 0 fully saturated rings. The zero-order valence-electron chi connectivity index (χ0n) is 15.8. The molecule has 1 amide bonds. The van der Waals surface area contributed by atoms with Gasteiger partial charge in [0.25, 0.3) is 0 Å². The first-order valence-corrected chi connectivity index (χ1v) is 11.0. The summed E-state index contributed by atoms with van der Waals surface area (Å²) in [4.78, 5) is 20.1. The Morgan fingerprint density at radius 3 is 2.82 bits per heavy atom. The number of carbonyl (C=O) groups is 1. The second-order valence-corrected chi connectivity index (χ2v) is 9.04. The van der Waals surface area contributed by atoms with Crippen molar-refractivity contribution in [1.29, 1.82) is 0 Å². The molecule has 0 unspecified atom stereocenters. The predicted octanol–water partition coefficient (Wildman–Crippen LogP) is 3.89. The molecule has 1 atom stereocenters. The average molecular weight is 412 g/mol. The van der Waals surface area contributed by atoms with Gasteiger partial charge in [-0.1, -0.05) is 30.8 Å². The smallest absolute Gasteiger partial charge is 0.237 e. The lowest BCUT2D eigenvalue weighted by atomic mass is 10.2. The van der Waals surface area contributed by atoms with Crippen LogP contribution in [-0.2, 0) is 11.8 Å². The van der Waals surface area contributed by atoms with Crippen LogP contribution in [0.1, 0.15) is 13.3 Å². The van der Waals surface area contributed by atoms with E-state index in [1.165, 1.54) is 16.7 Å². The molecule has 8 heteroatoms. The van der Waals surface area contributed by atoms with Crippen molar-refractivity contribution in [2.24, 2.45) is 7.05 Å². The zero-order valence-corrected chi connectivity index (χ0v) is 17.4. The summed E-state index contributed by atoms with van der Waals surface area (Å²) in [7, 11) is 1.92. The Hall–Kier alpha value is -2.32. The quantitative estimate of drug-likeness (QED) is 0.607. The van der Waals surface area contributed by atoms with Gasteiger partial charge in [0, 0.05) is 41.7 Å². The highest BCUT2D eigenvalue weighted by Gasteiger charge is 2.24. The molecule has 144 valence electrons. The SMILES string of the molecule is C[C@H]1CCN(C(=O)CSc2nnc(-c3ccncc3)n2C)c2ccccc2S1. The van der Waals surface area contributed by atoms with E-state index in [2.05, 4.69) is 28.2 Å². The van der Waals surface area contributed by atoms with E-state index in [0.29, 0.717) is 11.0 Å². The van der Waals surface area contributed by atoms with E-state index in [0.717, 1.165) is 35.2 Å². The number of aromatic nitrogens is 4. The molecule has 0 N–H and O–H groups in total. The molecule has 2 aromatic heterocycles. The number of pyridine rings is 1. The van der Waals surface area contributed by atoms with E-state index < -0.39 is 0 Å². The Labute approximate surface area is 172 Å². The molecular formula is C20H21N5OS2. The highest BCUT2D eigenvalue weighted by atomic mass is 32.2. The molecule has 1 aromatic carbocycles. The van der Waals surface area contributed by atoms with Crippen molar-refractivity contribution in [2.75, 3.05) is 17.2 Å². The van der Waals surface area contributed by atoms with E-state index in [1.54, 1.807) is 12.4 Å². The van der Waals surface area contributed by atoms with Crippen molar-refractivity contribution in [1.82, 2.24) is 19.7 Å². The summed E-state index contributed by atoms with van der Waals surface area (Å²) in [6.45, 7) is 2.95. The molecule has 0 bridgehead atoms. The monoisotopic (exact) mass is 411 g/mol. The molecule has 28 heavy (non-hydrogen) atoms. The molecule has 0 radical (unpaired) electrons. The van der Waals surface area contributed by atoms with Crippen LogP contribution >= 0.6 is 23.5 Å². The van der Waals surface area contributed by atoms with Crippen LogP contribution in [0.25, 0.3) is 11.4 Å². The lowest BCUT2D eigenvalue weighted by Crippen LogP contribution is -2.33. The third-order valence-corrected chi connectivity index (χ3v) is 6.88. The maximum atomic E-state index is 13.0. The molecule has 0 spiro atoms. The van der Waals surface area contributed by atoms with Crippen molar-refractivity contribution < 1.29 is 4.79 Å². The number of nitrogens with zero attached hydrogens (tertiary/aromatic N) is 5. The Morgan fingerprint density at radius 1 is 1.21 bits per heavy atom. The number of benzene rings is 1. The maximum Gasteiger partial charge on any atom is 0.237 e. The van der Waals surface area contributed by atoms with E-state index in [-0.39, 0.29) is 5.91 Å². The normalized spacial score (nSPS) is 16.5. The first-order chi connectivity index (χ1) is 13.6. The van der Waals surface area contributed by atoms with Gasteiger partial charge in [0.2, 0.25) is 5.91 Å². The van der Waals surface area contributed by atoms with Crippen LogP contribution in [0.3, 0.4) is 0 Å². The van der Waals surface area contributed by atoms with Gasteiger partial charge in [0.1, 0.15) is 0 Å². The minimum atomic E-state index is 0.0978. The summed E-state index contributed by atoms with van der Waals surface area (Å²) >= 11 is 3.26. The maximum absolute atomic E-state index is 13.0. The first kappa shape index (κ1) is 19.0. The van der Waals surface area contributed by atoms with Crippen LogP contribution in [0.5, 0.6) is 0 Å². The minimum Gasteiger partial charge on any atom is -0.311 e. The lowest BCUT2D eigenvalue weighted by molar-refractivity contribution is -0.116. The number of thioether (sulfide) groups is 2. The summed E-state index contributed by atoms with van der Waals surface area (Å²) in [5.41, 5.74) is 1.97. The molecule has 1 aliphatic rings. The van der Waals surface area contributed by atoms with Gasteiger partial charge in [-0.15, -0.1) is 22.0 Å². The molecule has 0 saturated heterocycles. The van der Waals surface area contributed by atoms with Gasteiger partial charge in [-0.05, 0) is 30.7 Å². The summed E-state index contributed by atoms with van der Waals surface area (Å²) in [5, 5.41) is 9.76. The van der Waals surface area contributed by atoms with E-state index >= 15 is 0 Å². The standard InChI is InChI=1S/C20H21N5OS2/c1-14-9-12-25(16-5-3-4-6-17(16)28-14)18(26)13-27-20-23-22-19(24(20)2)15-7-10-21-11-8-15/h3-8,10-11,14H,9,12-13H2,1-2H3/t14-/m0/s1. The number of hydrogen-bond acceptors (Lipinski definition) is 6. The van der Waals surface area contributed by atoms with Gasteiger partial charge in [-0.2, -0.15) is 0 Å². The zero-order chi connectivity index (χ0) is 19.5. The van der Waals surface area contributed by atoms with Crippen molar-refractivity contribution in [3.05, 3.63) is 48.8 Å². The summed E-state index contributed by atoms with van der Waals surface area (Å²) in [6.07, 6.45) is 4.44. The Balaban J connectivity index is 1.49. The Kier molecular flexibility index (Phi) is 5.68. The number of anilines is 1. The number of hydrogen-bond donors (Lipinski definition) is 0. The molecule has 0 saturated carbocycles. The van der Waals surface area contributed by atoms with Crippen molar-refractivity contribution in [2.45, 2.75) is 28.6 Å². The second kappa shape index (κ2) is 8.36. The lowest BCUT2D eigenvalue weighted by Gasteiger charge is -2.22. The van der Waals surface area contributed by atoms with Gasteiger partial charge in [-0.3, -0.25) is 9.78 Å². The highest BCUT2D eigenvalue weighted by molar-refractivity contribution is 8.00. The van der Waals surface area contributed by atoms with Crippen molar-refractivity contribution in [3.63, 3.8) is 0 Å². The fraction of sp³-hybridized carbons (Fsp3) is 0.300. The second-order valence-electron chi connectivity index (χ2n) is 6.62. The van der Waals surface area contributed by atoms with Crippen molar-refractivity contribution in [3.8, 4) is 11.4 Å². The van der Waals surface area contributed by atoms with E-state index in [1.807, 2.05) is 58.6 Å². The van der Waals surface area contributed by atoms with Crippen LogP contribution < -0.4 is 4.90 Å². The third kappa shape index (κ3) is 3.93. The van der Waals surface area contributed by atoms with E-state index in [9.17, 15) is 4.79 Å². The molecule has 4 rings (SSSR count). The Morgan fingerprint density at radius 2 is 2.00 bits per heavy atom. The molecule has 3 aromatic rings. The van der Waals surface area contributed by atoms with Crippen LogP contribution in [-0.4, -0.2) is 43.2 Å². The van der Waals surface area contributed by atoms with Gasteiger partial charge in [0.05, 0.1) is 11.4 Å². The predicted molar refractivity (Wildman–Crippen MR) is 114 cm³/mol. The molecule has 1 aliphatic heterocycles. The number of fused-ring (bicyclic) bond motifs is 1. The number of para-hydroxylation sites is 1. The molecule has 6 nitrogen and oxygen atoms in total. The fourth-order valence-electron chi connectivity index (χ4n) is 3.14. The van der Waals surface area contributed by atoms with Gasteiger partial charge in [0.15, 0.2) is 11.0 Å². The molecule has 0 aliphatic carbocycles. The minimum absolute atomic E-state index is 0.0978. The summed E-state index contributed by atoms with van der Waals surface area (Å²) in [5.74, 6) is 1.19. The third-order valence-electron chi connectivity index (χ3n) is 4.64. The average Bonchev–Trinajstić information content (AvgIpc) is 2.99. The van der Waals surface area contributed by atoms with Crippen LogP contribution in [0, 0.1) is 0 Å². The van der Waals surface area contributed by atoms with Crippen LogP contribution in [0.2, 0.25) is 0 Å². The van der Waals surface area contributed by atoms with Gasteiger partial charge >= 0.3 is 0 Å². The molecular weight excluding hydrogens is 390 g/mol. The highest BCUT2D eigenvalue weighted by Crippen LogP contribution is 2.37. The molecule has 3 heterocycles. The Bertz CT molecular complexity index is 976. The summed E-state index contributed by atoms with van der Waals surface area (Å²) < 4.78 is 1.92. The topological polar surface area (TPSA) is 63.9 Å². The first-order valence-electron chi connectivity index (χ1n) is 9.12. The number of amides is 1. The number of rotatable bonds is 4. The van der Waals surface area contributed by atoms with Gasteiger partial charge in [-0.25, -0.2) is 0 Å². The van der Waals surface area contributed by atoms with Crippen molar-refractivity contribution >= 4 is 35.1 Å². The van der Waals surface area contributed by atoms with E-state index in [4.69, 9.17) is 0 Å². The van der Waals surface area contributed by atoms with Crippen LogP contribution in [0.4, 0.5) is 5.69 Å². The number of carbonyl (C=O) groups excluding carboxylic acids is 1. The summed E-state index contributed by atoms with van der Waals surface area (Å²) in [6, 6.07) is 12.0. The fourth-order valence-corrected chi connectivity index (χ4v) is 5.04.